The molecule has 11 nitrogen and oxygen atoms in total. The van der Waals surface area contributed by atoms with Crippen molar-refractivity contribution >= 4 is 32.8 Å². The Labute approximate surface area is 228 Å². The third-order valence-electron chi connectivity index (χ3n) is 6.70. The number of rotatable bonds is 9. The maximum atomic E-state index is 13.7. The molecule has 208 valence electrons. The normalized spacial score (nSPS) is 15.7. The monoisotopic (exact) mass is 554 g/mol. The van der Waals surface area contributed by atoms with Gasteiger partial charge in [0.05, 0.1) is 17.7 Å². The van der Waals surface area contributed by atoms with Crippen molar-refractivity contribution in [1.82, 2.24) is 19.9 Å². The van der Waals surface area contributed by atoms with Crippen LogP contribution in [0.4, 0.5) is 4.79 Å². The fourth-order valence-corrected chi connectivity index (χ4v) is 5.73. The molecule has 1 aliphatic heterocycles. The lowest BCUT2D eigenvalue weighted by molar-refractivity contribution is -0.134. The molecule has 0 aromatic heterocycles. The number of nitrogens with one attached hydrogen (secondary N) is 2. The van der Waals surface area contributed by atoms with Crippen molar-refractivity contribution in [3.8, 4) is 0 Å². The van der Waals surface area contributed by atoms with Crippen molar-refractivity contribution in [3.05, 3.63) is 77.9 Å². The molecule has 1 heterocycles. The third-order valence-corrected chi connectivity index (χ3v) is 8.17. The average molecular weight is 555 g/mol. The number of nitrogens with two attached hydrogens (primary N) is 2. The summed E-state index contributed by atoms with van der Waals surface area (Å²) < 4.78 is 34.6. The number of carbonyl (C=O) groups is 2. The molecular weight excluding hydrogens is 520 g/mol. The summed E-state index contributed by atoms with van der Waals surface area (Å²) in [6.07, 6.45) is -0.864. The van der Waals surface area contributed by atoms with E-state index in [1.165, 1.54) is 11.0 Å². The number of hydrogen-bond donors (Lipinski definition) is 4. The molecule has 0 bridgehead atoms. The maximum absolute atomic E-state index is 13.7. The Balaban J connectivity index is 1.56. The summed E-state index contributed by atoms with van der Waals surface area (Å²) in [5, 5.41) is 1.69. The minimum Gasteiger partial charge on any atom is -0.450 e. The first-order valence-electron chi connectivity index (χ1n) is 12.7. The average Bonchev–Trinajstić information content (AvgIpc) is 2.96. The van der Waals surface area contributed by atoms with E-state index in [2.05, 4.69) is 10.1 Å². The van der Waals surface area contributed by atoms with E-state index in [1.54, 1.807) is 48.2 Å². The van der Waals surface area contributed by atoms with Crippen LogP contribution in [0.3, 0.4) is 0 Å². The summed E-state index contributed by atoms with van der Waals surface area (Å²) in [5.41, 5.74) is 9.87. The van der Waals surface area contributed by atoms with Gasteiger partial charge in [0.25, 0.3) is 0 Å². The molecule has 1 unspecified atom stereocenters. The highest BCUT2D eigenvalue weighted by atomic mass is 32.2. The second-order valence-corrected chi connectivity index (χ2v) is 11.0. The smallest absolute Gasteiger partial charge is 0.409 e. The predicted octanol–water partition coefficient (Wildman–Crippen LogP) is 1.45. The first-order valence-corrected chi connectivity index (χ1v) is 14.2. The minimum absolute atomic E-state index is 0.0708. The van der Waals surface area contributed by atoms with E-state index in [-0.39, 0.29) is 36.9 Å². The second kappa shape index (κ2) is 12.5. The van der Waals surface area contributed by atoms with Crippen LogP contribution in [-0.2, 0) is 26.0 Å². The fraction of sp³-hybridized carbons (Fsp3) is 0.333. The van der Waals surface area contributed by atoms with Gasteiger partial charge in [-0.05, 0) is 47.4 Å². The highest BCUT2D eigenvalue weighted by molar-refractivity contribution is 7.89. The van der Waals surface area contributed by atoms with E-state index in [9.17, 15) is 18.0 Å². The minimum atomic E-state index is -4.04. The number of carbonyl (C=O) groups excluding carboxylic acids is 2. The van der Waals surface area contributed by atoms with Crippen LogP contribution in [0.5, 0.6) is 0 Å². The molecule has 3 aromatic carbocycles. The highest BCUT2D eigenvalue weighted by Gasteiger charge is 2.32. The van der Waals surface area contributed by atoms with Gasteiger partial charge in [0.1, 0.15) is 6.04 Å². The first kappa shape index (κ1) is 28.5. The van der Waals surface area contributed by atoms with Gasteiger partial charge in [0.15, 0.2) is 0 Å². The van der Waals surface area contributed by atoms with Crippen molar-refractivity contribution in [1.29, 1.82) is 0 Å². The molecule has 39 heavy (non-hydrogen) atoms. The Kier molecular flexibility index (Phi) is 9.15. The van der Waals surface area contributed by atoms with Crippen molar-refractivity contribution < 1.29 is 22.7 Å². The van der Waals surface area contributed by atoms with Gasteiger partial charge in [-0.15, -0.1) is 0 Å². The molecule has 12 heteroatoms. The SMILES string of the molecule is CCOC(=O)N1CCN(C(=O)[C@H](Cc2ccc(C(N)NN)cc2)NS(=O)(=O)c2ccc3ccccc3c2)CC1. The Morgan fingerprint density at radius 2 is 1.59 bits per heavy atom. The molecule has 2 amide bonds. The molecule has 1 fully saturated rings. The molecule has 4 rings (SSSR count). The molecule has 0 saturated carbocycles. The summed E-state index contributed by atoms with van der Waals surface area (Å²) >= 11 is 0. The van der Waals surface area contributed by atoms with Crippen molar-refractivity contribution in [2.75, 3.05) is 32.8 Å². The summed E-state index contributed by atoms with van der Waals surface area (Å²) in [5.74, 6) is 5.05. The lowest BCUT2D eigenvalue weighted by atomic mass is 10.0. The van der Waals surface area contributed by atoms with Gasteiger partial charge in [-0.3, -0.25) is 10.6 Å². The van der Waals surface area contributed by atoms with Crippen LogP contribution in [0.1, 0.15) is 24.2 Å². The van der Waals surface area contributed by atoms with Gasteiger partial charge in [0.2, 0.25) is 15.9 Å². The quantitative estimate of drug-likeness (QED) is 0.176. The van der Waals surface area contributed by atoms with Crippen LogP contribution in [0.2, 0.25) is 0 Å². The van der Waals surface area contributed by atoms with E-state index >= 15 is 0 Å². The number of fused-ring (bicyclic) bond motifs is 1. The zero-order valence-electron chi connectivity index (χ0n) is 21.7. The Hall–Kier alpha value is -3.55. The topological polar surface area (TPSA) is 160 Å². The van der Waals surface area contributed by atoms with E-state index in [1.807, 2.05) is 24.3 Å². The second-order valence-electron chi connectivity index (χ2n) is 9.28. The lowest BCUT2D eigenvalue weighted by Crippen LogP contribution is -2.56. The van der Waals surface area contributed by atoms with Crippen molar-refractivity contribution in [2.45, 2.75) is 30.4 Å². The number of piperazine rings is 1. The van der Waals surface area contributed by atoms with E-state index < -0.39 is 28.3 Å². The summed E-state index contributed by atoms with van der Waals surface area (Å²) in [7, 11) is -4.04. The van der Waals surface area contributed by atoms with Crippen LogP contribution in [0, 0.1) is 0 Å². The number of amides is 2. The van der Waals surface area contributed by atoms with Crippen molar-refractivity contribution in [2.24, 2.45) is 11.6 Å². The third kappa shape index (κ3) is 6.91. The van der Waals surface area contributed by atoms with Gasteiger partial charge in [-0.2, -0.15) is 4.72 Å². The van der Waals surface area contributed by atoms with Crippen LogP contribution < -0.4 is 21.7 Å². The van der Waals surface area contributed by atoms with Gasteiger partial charge in [0, 0.05) is 26.2 Å². The molecule has 2 atom stereocenters. The van der Waals surface area contributed by atoms with Crippen LogP contribution in [0.25, 0.3) is 10.8 Å². The zero-order chi connectivity index (χ0) is 28.0. The maximum Gasteiger partial charge on any atom is 0.409 e. The molecule has 1 aliphatic rings. The fourth-order valence-electron chi connectivity index (χ4n) is 4.51. The molecule has 0 aliphatic carbocycles. The summed E-state index contributed by atoms with van der Waals surface area (Å²) in [6, 6.07) is 18.4. The summed E-state index contributed by atoms with van der Waals surface area (Å²) in [6.45, 7) is 3.13. The summed E-state index contributed by atoms with van der Waals surface area (Å²) in [4.78, 5) is 28.9. The van der Waals surface area contributed by atoms with Gasteiger partial charge in [-0.1, -0.05) is 54.6 Å². The predicted molar refractivity (Wildman–Crippen MR) is 148 cm³/mol. The van der Waals surface area contributed by atoms with E-state index in [0.717, 1.165) is 21.9 Å². The number of hydrogen-bond acceptors (Lipinski definition) is 8. The Morgan fingerprint density at radius 3 is 2.23 bits per heavy atom. The highest BCUT2D eigenvalue weighted by Crippen LogP contribution is 2.20. The zero-order valence-corrected chi connectivity index (χ0v) is 22.6. The first-order chi connectivity index (χ1) is 18.7. The Morgan fingerprint density at radius 1 is 0.949 bits per heavy atom. The standard InChI is InChI=1S/C27H34N6O5S/c1-2-38-27(35)33-15-13-32(14-16-33)26(34)24(17-19-7-9-21(10-8-19)25(28)30-29)31-39(36,37)23-12-11-20-5-3-4-6-22(20)18-23/h3-12,18,24-25,30-31H,2,13-17,28-29H2,1H3/t24-,25?/m0/s1. The van der Waals surface area contributed by atoms with Crippen LogP contribution in [-0.4, -0.2) is 69.0 Å². The molecule has 0 spiro atoms. The number of ether oxygens (including phenoxy) is 1. The van der Waals surface area contributed by atoms with E-state index in [4.69, 9.17) is 16.3 Å². The lowest BCUT2D eigenvalue weighted by Gasteiger charge is -2.36. The number of nitrogens with zero attached hydrogens (tertiary/aromatic N) is 2. The Bertz CT molecular complexity index is 1410. The number of benzene rings is 3. The largest absolute Gasteiger partial charge is 0.450 e. The van der Waals surface area contributed by atoms with Crippen LogP contribution in [0.15, 0.2) is 71.6 Å². The van der Waals surface area contributed by atoms with Crippen molar-refractivity contribution in [3.63, 3.8) is 0 Å². The molecule has 0 radical (unpaired) electrons. The number of hydrazine groups is 1. The van der Waals surface area contributed by atoms with Gasteiger partial charge < -0.3 is 20.3 Å². The molecule has 3 aromatic rings. The number of sulfonamides is 1. The molecule has 1 saturated heterocycles. The molecule has 6 N–H and O–H groups in total. The molecular formula is C27H34N6O5S. The van der Waals surface area contributed by atoms with Gasteiger partial charge >= 0.3 is 6.09 Å². The van der Waals surface area contributed by atoms with Gasteiger partial charge in [-0.25, -0.2) is 18.6 Å². The van der Waals surface area contributed by atoms with Crippen LogP contribution >= 0.6 is 0 Å². The van der Waals surface area contributed by atoms with E-state index in [0.29, 0.717) is 13.1 Å².